The summed E-state index contributed by atoms with van der Waals surface area (Å²) in [6, 6.07) is 1.93. The Morgan fingerprint density at radius 1 is 1.41 bits per heavy atom. The molecule has 2 aromatic heterocycles. The second-order valence-corrected chi connectivity index (χ2v) is 6.30. The van der Waals surface area contributed by atoms with Crippen molar-refractivity contribution in [1.29, 1.82) is 0 Å². The minimum atomic E-state index is -0.312. The van der Waals surface area contributed by atoms with Crippen LogP contribution in [-0.2, 0) is 4.79 Å². The monoisotopic (exact) mass is 302 g/mol. The highest BCUT2D eigenvalue weighted by molar-refractivity contribution is 5.83. The van der Waals surface area contributed by atoms with Crippen molar-refractivity contribution in [3.05, 3.63) is 18.1 Å². The lowest BCUT2D eigenvalue weighted by atomic mass is 9.84. The SMILES string of the molecule is Cc1cc(NCC2(C(=O)N(C)C)CCCC2)n2ncnc2n1. The molecule has 1 fully saturated rings. The average Bonchev–Trinajstić information content (AvgIpc) is 3.13. The summed E-state index contributed by atoms with van der Waals surface area (Å²) in [5, 5.41) is 7.60. The average molecular weight is 302 g/mol. The molecule has 0 atom stereocenters. The van der Waals surface area contributed by atoms with Crippen LogP contribution in [0.25, 0.3) is 5.78 Å². The summed E-state index contributed by atoms with van der Waals surface area (Å²) in [7, 11) is 3.66. The highest BCUT2D eigenvalue weighted by Crippen LogP contribution is 2.39. The zero-order chi connectivity index (χ0) is 15.7. The van der Waals surface area contributed by atoms with Crippen molar-refractivity contribution < 1.29 is 4.79 Å². The van der Waals surface area contributed by atoms with Crippen molar-refractivity contribution in [3.8, 4) is 0 Å². The molecule has 7 nitrogen and oxygen atoms in total. The van der Waals surface area contributed by atoms with Gasteiger partial charge in [0.1, 0.15) is 12.1 Å². The Kier molecular flexibility index (Phi) is 3.72. The van der Waals surface area contributed by atoms with Crippen LogP contribution in [0.5, 0.6) is 0 Å². The van der Waals surface area contributed by atoms with Gasteiger partial charge in [0.05, 0.1) is 5.41 Å². The van der Waals surface area contributed by atoms with Crippen LogP contribution in [0.2, 0.25) is 0 Å². The third-order valence-corrected chi connectivity index (χ3v) is 4.41. The van der Waals surface area contributed by atoms with Crippen LogP contribution in [0.15, 0.2) is 12.4 Å². The topological polar surface area (TPSA) is 75.4 Å². The van der Waals surface area contributed by atoms with Crippen LogP contribution in [0.4, 0.5) is 5.82 Å². The van der Waals surface area contributed by atoms with E-state index in [-0.39, 0.29) is 11.3 Å². The fourth-order valence-electron chi connectivity index (χ4n) is 3.31. The lowest BCUT2D eigenvalue weighted by Crippen LogP contribution is -2.43. The smallest absolute Gasteiger partial charge is 0.254 e. The van der Waals surface area contributed by atoms with E-state index >= 15 is 0 Å². The summed E-state index contributed by atoms with van der Waals surface area (Å²) in [4.78, 5) is 22.8. The fraction of sp³-hybridized carbons (Fsp3) is 0.600. The molecule has 1 aliphatic rings. The van der Waals surface area contributed by atoms with Gasteiger partial charge < -0.3 is 10.2 Å². The summed E-state index contributed by atoms with van der Waals surface area (Å²) < 4.78 is 1.68. The molecule has 0 saturated heterocycles. The van der Waals surface area contributed by atoms with E-state index in [2.05, 4.69) is 20.4 Å². The maximum atomic E-state index is 12.6. The normalized spacial score (nSPS) is 16.9. The number of carbonyl (C=O) groups excluding carboxylic acids is 1. The Labute approximate surface area is 129 Å². The molecule has 1 aliphatic carbocycles. The lowest BCUT2D eigenvalue weighted by molar-refractivity contribution is -0.138. The molecule has 0 unspecified atom stereocenters. The summed E-state index contributed by atoms with van der Waals surface area (Å²) in [6.07, 6.45) is 5.57. The van der Waals surface area contributed by atoms with Gasteiger partial charge >= 0.3 is 0 Å². The van der Waals surface area contributed by atoms with E-state index in [1.54, 1.807) is 9.42 Å². The van der Waals surface area contributed by atoms with Gasteiger partial charge in [-0.15, -0.1) is 0 Å². The first-order valence-corrected chi connectivity index (χ1v) is 7.65. The predicted molar refractivity (Wildman–Crippen MR) is 83.6 cm³/mol. The standard InChI is InChI=1S/C15H22N6O/c1-11-8-12(21-14(19-11)17-10-18-21)16-9-15(6-4-5-7-15)13(22)20(2)3/h8,10,16H,4-7,9H2,1-3H3. The van der Waals surface area contributed by atoms with Gasteiger partial charge in [-0.1, -0.05) is 12.8 Å². The van der Waals surface area contributed by atoms with Gasteiger partial charge in [-0.2, -0.15) is 14.6 Å². The molecule has 0 radical (unpaired) electrons. The Balaban J connectivity index is 1.85. The summed E-state index contributed by atoms with van der Waals surface area (Å²) >= 11 is 0. The molecule has 118 valence electrons. The van der Waals surface area contributed by atoms with E-state index in [4.69, 9.17) is 0 Å². The predicted octanol–water partition coefficient (Wildman–Crippen LogP) is 1.49. The number of hydrogen-bond donors (Lipinski definition) is 1. The Bertz CT molecular complexity index is 686. The molecule has 22 heavy (non-hydrogen) atoms. The Morgan fingerprint density at radius 2 is 2.14 bits per heavy atom. The first kappa shape index (κ1) is 14.7. The fourth-order valence-corrected chi connectivity index (χ4v) is 3.31. The number of fused-ring (bicyclic) bond motifs is 1. The number of hydrogen-bond acceptors (Lipinski definition) is 5. The number of aromatic nitrogens is 4. The Hall–Kier alpha value is -2.18. The van der Waals surface area contributed by atoms with Gasteiger partial charge in [0, 0.05) is 32.4 Å². The molecule has 2 aromatic rings. The number of anilines is 1. The molecule has 0 spiro atoms. The molecule has 1 saturated carbocycles. The molecule has 0 aliphatic heterocycles. The van der Waals surface area contributed by atoms with Crippen molar-refractivity contribution in [1.82, 2.24) is 24.5 Å². The van der Waals surface area contributed by atoms with E-state index in [9.17, 15) is 4.79 Å². The number of rotatable bonds is 4. The van der Waals surface area contributed by atoms with Crippen LogP contribution in [0.1, 0.15) is 31.4 Å². The maximum absolute atomic E-state index is 12.6. The highest BCUT2D eigenvalue weighted by Gasteiger charge is 2.42. The number of amides is 1. The second kappa shape index (κ2) is 5.55. The summed E-state index contributed by atoms with van der Waals surface area (Å²) in [5.41, 5.74) is 0.565. The van der Waals surface area contributed by atoms with Gasteiger partial charge in [0.2, 0.25) is 5.91 Å². The van der Waals surface area contributed by atoms with E-state index < -0.39 is 0 Å². The van der Waals surface area contributed by atoms with Crippen molar-refractivity contribution in [2.75, 3.05) is 26.0 Å². The molecule has 2 heterocycles. The van der Waals surface area contributed by atoms with Crippen LogP contribution < -0.4 is 5.32 Å². The number of nitrogens with one attached hydrogen (secondary N) is 1. The van der Waals surface area contributed by atoms with Gasteiger partial charge in [-0.05, 0) is 19.8 Å². The van der Waals surface area contributed by atoms with Crippen LogP contribution >= 0.6 is 0 Å². The molecule has 1 N–H and O–H groups in total. The van der Waals surface area contributed by atoms with Crippen LogP contribution in [-0.4, -0.2) is 51.0 Å². The highest BCUT2D eigenvalue weighted by atomic mass is 16.2. The Morgan fingerprint density at radius 3 is 2.82 bits per heavy atom. The summed E-state index contributed by atoms with van der Waals surface area (Å²) in [5.74, 6) is 1.61. The van der Waals surface area contributed by atoms with Crippen molar-refractivity contribution in [2.24, 2.45) is 5.41 Å². The van der Waals surface area contributed by atoms with E-state index in [1.807, 2.05) is 27.1 Å². The van der Waals surface area contributed by atoms with E-state index in [1.165, 1.54) is 6.33 Å². The van der Waals surface area contributed by atoms with Crippen LogP contribution in [0.3, 0.4) is 0 Å². The maximum Gasteiger partial charge on any atom is 0.254 e. The summed E-state index contributed by atoms with van der Waals surface area (Å²) in [6.45, 7) is 2.54. The van der Waals surface area contributed by atoms with E-state index in [0.29, 0.717) is 12.3 Å². The number of aryl methyl sites for hydroxylation is 1. The quantitative estimate of drug-likeness (QED) is 0.926. The molecular formula is C15H22N6O. The molecule has 7 heteroatoms. The minimum Gasteiger partial charge on any atom is -0.369 e. The molecule has 3 rings (SSSR count). The third-order valence-electron chi connectivity index (χ3n) is 4.41. The van der Waals surface area contributed by atoms with Gasteiger partial charge in [-0.3, -0.25) is 4.79 Å². The second-order valence-electron chi connectivity index (χ2n) is 6.30. The first-order chi connectivity index (χ1) is 10.5. The number of carbonyl (C=O) groups is 1. The first-order valence-electron chi connectivity index (χ1n) is 7.65. The van der Waals surface area contributed by atoms with Gasteiger partial charge in [-0.25, -0.2) is 4.98 Å². The lowest BCUT2D eigenvalue weighted by Gasteiger charge is -2.31. The van der Waals surface area contributed by atoms with Crippen LogP contribution in [0, 0.1) is 12.3 Å². The minimum absolute atomic E-state index is 0.207. The van der Waals surface area contributed by atoms with Crippen molar-refractivity contribution in [3.63, 3.8) is 0 Å². The third kappa shape index (κ3) is 2.51. The van der Waals surface area contributed by atoms with E-state index in [0.717, 1.165) is 37.2 Å². The number of nitrogens with zero attached hydrogens (tertiary/aromatic N) is 5. The van der Waals surface area contributed by atoms with Gasteiger partial charge in [0.25, 0.3) is 5.78 Å². The van der Waals surface area contributed by atoms with Crippen molar-refractivity contribution >= 4 is 17.5 Å². The largest absolute Gasteiger partial charge is 0.369 e. The molecular weight excluding hydrogens is 280 g/mol. The van der Waals surface area contributed by atoms with Crippen molar-refractivity contribution in [2.45, 2.75) is 32.6 Å². The molecule has 0 bridgehead atoms. The molecule has 0 aromatic carbocycles. The van der Waals surface area contributed by atoms with Gasteiger partial charge in [0.15, 0.2) is 0 Å². The zero-order valence-corrected chi connectivity index (χ0v) is 13.3. The molecule has 1 amide bonds. The zero-order valence-electron chi connectivity index (χ0n) is 13.3.